The SMILES string of the molecule is CC(=O)c1cccc(NC(=O)C(=O)Nc2ccc(Cl)cc2)c1. The Kier molecular flexibility index (Phi) is 4.91. The van der Waals surface area contributed by atoms with Crippen molar-refractivity contribution in [3.63, 3.8) is 0 Å². The zero-order chi connectivity index (χ0) is 16.1. The Morgan fingerprint density at radius 1 is 0.864 bits per heavy atom. The first-order chi connectivity index (χ1) is 10.5. The molecule has 0 radical (unpaired) electrons. The van der Waals surface area contributed by atoms with E-state index in [0.717, 1.165) is 0 Å². The van der Waals surface area contributed by atoms with Crippen molar-refractivity contribution in [1.82, 2.24) is 0 Å². The zero-order valence-electron chi connectivity index (χ0n) is 11.7. The van der Waals surface area contributed by atoms with Gasteiger partial charge < -0.3 is 10.6 Å². The van der Waals surface area contributed by atoms with Crippen LogP contribution in [-0.2, 0) is 9.59 Å². The smallest absolute Gasteiger partial charge is 0.314 e. The monoisotopic (exact) mass is 316 g/mol. The summed E-state index contributed by atoms with van der Waals surface area (Å²) < 4.78 is 0. The topological polar surface area (TPSA) is 75.3 Å². The molecule has 2 rings (SSSR count). The number of hydrogen-bond acceptors (Lipinski definition) is 3. The molecule has 0 unspecified atom stereocenters. The maximum absolute atomic E-state index is 11.8. The fraction of sp³-hybridized carbons (Fsp3) is 0.0625. The van der Waals surface area contributed by atoms with Gasteiger partial charge in [-0.1, -0.05) is 23.7 Å². The largest absolute Gasteiger partial charge is 0.318 e. The molecule has 2 aromatic carbocycles. The van der Waals surface area contributed by atoms with Crippen molar-refractivity contribution in [3.05, 3.63) is 59.1 Å². The number of anilines is 2. The minimum Gasteiger partial charge on any atom is -0.318 e. The highest BCUT2D eigenvalue weighted by Gasteiger charge is 2.14. The predicted molar refractivity (Wildman–Crippen MR) is 85.2 cm³/mol. The van der Waals surface area contributed by atoms with Crippen molar-refractivity contribution in [3.8, 4) is 0 Å². The molecule has 2 N–H and O–H groups in total. The minimum atomic E-state index is -0.823. The van der Waals surface area contributed by atoms with Gasteiger partial charge in [-0.2, -0.15) is 0 Å². The van der Waals surface area contributed by atoms with Gasteiger partial charge in [-0.15, -0.1) is 0 Å². The first kappa shape index (κ1) is 15.7. The van der Waals surface area contributed by atoms with Crippen LogP contribution in [0.25, 0.3) is 0 Å². The van der Waals surface area contributed by atoms with Gasteiger partial charge in [0.15, 0.2) is 5.78 Å². The number of carbonyl (C=O) groups excluding carboxylic acids is 3. The molecule has 2 aromatic rings. The van der Waals surface area contributed by atoms with Crippen molar-refractivity contribution < 1.29 is 14.4 Å². The van der Waals surface area contributed by atoms with Crippen LogP contribution in [0.3, 0.4) is 0 Å². The highest BCUT2D eigenvalue weighted by molar-refractivity contribution is 6.43. The molecule has 0 aromatic heterocycles. The van der Waals surface area contributed by atoms with Crippen molar-refractivity contribution in [1.29, 1.82) is 0 Å². The quantitative estimate of drug-likeness (QED) is 0.675. The van der Waals surface area contributed by atoms with Crippen molar-refractivity contribution in [2.24, 2.45) is 0 Å². The molecule has 0 saturated heterocycles. The second-order valence-corrected chi connectivity index (χ2v) is 4.99. The number of amides is 2. The first-order valence-electron chi connectivity index (χ1n) is 6.44. The number of halogens is 1. The maximum atomic E-state index is 11.8. The Morgan fingerprint density at radius 3 is 2.05 bits per heavy atom. The van der Waals surface area contributed by atoms with E-state index in [0.29, 0.717) is 22.0 Å². The molecule has 6 heteroatoms. The number of nitrogens with one attached hydrogen (secondary N) is 2. The van der Waals surface area contributed by atoms with Gasteiger partial charge in [0.05, 0.1) is 0 Å². The lowest BCUT2D eigenvalue weighted by molar-refractivity contribution is -0.132. The van der Waals surface area contributed by atoms with E-state index in [-0.39, 0.29) is 5.78 Å². The van der Waals surface area contributed by atoms with Gasteiger partial charge in [0.25, 0.3) is 0 Å². The Labute approximate surface area is 132 Å². The van der Waals surface area contributed by atoms with Crippen LogP contribution < -0.4 is 10.6 Å². The van der Waals surface area contributed by atoms with E-state index in [4.69, 9.17) is 11.6 Å². The average Bonchev–Trinajstić information content (AvgIpc) is 2.49. The molecule has 0 saturated carbocycles. The molecule has 0 fully saturated rings. The van der Waals surface area contributed by atoms with Crippen LogP contribution >= 0.6 is 11.6 Å². The molecular weight excluding hydrogens is 304 g/mol. The average molecular weight is 317 g/mol. The van der Waals surface area contributed by atoms with E-state index >= 15 is 0 Å². The third-order valence-electron chi connectivity index (χ3n) is 2.84. The van der Waals surface area contributed by atoms with Crippen LogP contribution in [0.4, 0.5) is 11.4 Å². The standard InChI is InChI=1S/C16H13ClN2O3/c1-10(20)11-3-2-4-14(9-11)19-16(22)15(21)18-13-7-5-12(17)6-8-13/h2-9H,1H3,(H,18,21)(H,19,22). The van der Waals surface area contributed by atoms with Gasteiger partial charge >= 0.3 is 11.8 Å². The van der Waals surface area contributed by atoms with Crippen molar-refractivity contribution in [2.75, 3.05) is 10.6 Å². The minimum absolute atomic E-state index is 0.123. The Hall–Kier alpha value is -2.66. The van der Waals surface area contributed by atoms with Crippen LogP contribution in [0.2, 0.25) is 5.02 Å². The van der Waals surface area contributed by atoms with Gasteiger partial charge in [0.2, 0.25) is 0 Å². The van der Waals surface area contributed by atoms with Gasteiger partial charge in [-0.05, 0) is 43.3 Å². The summed E-state index contributed by atoms with van der Waals surface area (Å²) in [5.41, 5.74) is 1.29. The van der Waals surface area contributed by atoms with Gasteiger partial charge in [-0.25, -0.2) is 0 Å². The lowest BCUT2D eigenvalue weighted by atomic mass is 10.1. The van der Waals surface area contributed by atoms with Crippen molar-refractivity contribution in [2.45, 2.75) is 6.92 Å². The molecule has 0 aliphatic heterocycles. The number of rotatable bonds is 3. The summed E-state index contributed by atoms with van der Waals surface area (Å²) >= 11 is 5.74. The summed E-state index contributed by atoms with van der Waals surface area (Å²) in [5, 5.41) is 5.42. The molecule has 2 amide bonds. The fourth-order valence-corrected chi connectivity index (χ4v) is 1.85. The number of benzene rings is 2. The van der Waals surface area contributed by atoms with Gasteiger partial charge in [-0.3, -0.25) is 14.4 Å². The Morgan fingerprint density at radius 2 is 1.45 bits per heavy atom. The first-order valence-corrected chi connectivity index (χ1v) is 6.82. The Balaban J connectivity index is 2.02. The molecule has 0 atom stereocenters. The third kappa shape index (κ3) is 4.17. The highest BCUT2D eigenvalue weighted by atomic mass is 35.5. The van der Waals surface area contributed by atoms with E-state index in [1.54, 1.807) is 42.5 Å². The number of Topliss-reactive ketones (excluding diaryl/α,β-unsaturated/α-hetero) is 1. The predicted octanol–water partition coefficient (Wildman–Crippen LogP) is 3.12. The van der Waals surface area contributed by atoms with Crippen LogP contribution in [0.1, 0.15) is 17.3 Å². The van der Waals surface area contributed by atoms with E-state index < -0.39 is 11.8 Å². The van der Waals surface area contributed by atoms with Crippen LogP contribution in [0.5, 0.6) is 0 Å². The zero-order valence-corrected chi connectivity index (χ0v) is 12.5. The summed E-state index contributed by atoms with van der Waals surface area (Å²) in [6, 6.07) is 12.7. The van der Waals surface area contributed by atoms with Crippen LogP contribution in [0, 0.1) is 0 Å². The van der Waals surface area contributed by atoms with E-state index in [1.165, 1.54) is 13.0 Å². The van der Waals surface area contributed by atoms with E-state index in [9.17, 15) is 14.4 Å². The van der Waals surface area contributed by atoms with Crippen LogP contribution in [0.15, 0.2) is 48.5 Å². The summed E-state index contributed by atoms with van der Waals surface area (Å²) in [7, 11) is 0. The van der Waals surface area contributed by atoms with E-state index in [1.807, 2.05) is 0 Å². The third-order valence-corrected chi connectivity index (χ3v) is 3.09. The molecular formula is C16H13ClN2O3. The number of hydrogen-bond donors (Lipinski definition) is 2. The molecule has 0 heterocycles. The molecule has 0 aliphatic carbocycles. The van der Waals surface area contributed by atoms with Crippen molar-refractivity contribution >= 4 is 40.6 Å². The van der Waals surface area contributed by atoms with Gasteiger partial charge in [0.1, 0.15) is 0 Å². The second-order valence-electron chi connectivity index (χ2n) is 4.55. The highest BCUT2D eigenvalue weighted by Crippen LogP contribution is 2.14. The molecule has 0 bridgehead atoms. The Bertz CT molecular complexity index is 726. The molecule has 0 aliphatic rings. The second kappa shape index (κ2) is 6.87. The molecule has 22 heavy (non-hydrogen) atoms. The normalized spacial score (nSPS) is 9.91. The summed E-state index contributed by atoms with van der Waals surface area (Å²) in [5.74, 6) is -1.76. The summed E-state index contributed by atoms with van der Waals surface area (Å²) in [6.07, 6.45) is 0. The lowest BCUT2D eigenvalue weighted by Gasteiger charge is -2.07. The molecule has 5 nitrogen and oxygen atoms in total. The summed E-state index contributed by atoms with van der Waals surface area (Å²) in [6.45, 7) is 1.42. The molecule has 0 spiro atoms. The maximum Gasteiger partial charge on any atom is 0.314 e. The molecule has 112 valence electrons. The number of ketones is 1. The number of carbonyl (C=O) groups is 3. The lowest BCUT2D eigenvalue weighted by Crippen LogP contribution is -2.29. The van der Waals surface area contributed by atoms with Gasteiger partial charge in [0, 0.05) is 22.0 Å². The van der Waals surface area contributed by atoms with Crippen LogP contribution in [-0.4, -0.2) is 17.6 Å². The summed E-state index contributed by atoms with van der Waals surface area (Å²) in [4.78, 5) is 34.9. The fourth-order valence-electron chi connectivity index (χ4n) is 1.72. The van der Waals surface area contributed by atoms with E-state index in [2.05, 4.69) is 10.6 Å².